The van der Waals surface area contributed by atoms with E-state index in [1.165, 1.54) is 23.2 Å². The Bertz CT molecular complexity index is 963. The zero-order valence-electron chi connectivity index (χ0n) is 15.7. The fraction of sp³-hybridized carbons (Fsp3) is 0.350. The van der Waals surface area contributed by atoms with Gasteiger partial charge in [0.15, 0.2) is 0 Å². The van der Waals surface area contributed by atoms with Crippen LogP contribution in [0, 0.1) is 26.7 Å². The molecular weight excluding hydrogens is 346 g/mol. The van der Waals surface area contributed by atoms with Crippen LogP contribution in [0.1, 0.15) is 40.2 Å². The van der Waals surface area contributed by atoms with Crippen molar-refractivity contribution in [3.63, 3.8) is 0 Å². The highest BCUT2D eigenvalue weighted by atomic mass is 32.1. The summed E-state index contributed by atoms with van der Waals surface area (Å²) in [6, 6.07) is 6.22. The number of esters is 1. The van der Waals surface area contributed by atoms with Gasteiger partial charge in [-0.25, -0.2) is 14.8 Å². The maximum Gasteiger partial charge on any atom is 0.348 e. The highest BCUT2D eigenvalue weighted by molar-refractivity contribution is 7.20. The topological polar surface area (TPSA) is 64.1 Å². The summed E-state index contributed by atoms with van der Waals surface area (Å²) in [7, 11) is 0. The molecule has 0 radical (unpaired) electrons. The van der Waals surface area contributed by atoms with E-state index in [-0.39, 0.29) is 5.97 Å². The second-order valence-corrected chi connectivity index (χ2v) is 7.89. The summed E-state index contributed by atoms with van der Waals surface area (Å²) in [5.74, 6) is 0.713. The lowest BCUT2D eigenvalue weighted by Crippen LogP contribution is -2.09. The minimum absolute atomic E-state index is 0.295. The Kier molecular flexibility index (Phi) is 5.23. The van der Waals surface area contributed by atoms with E-state index in [1.54, 1.807) is 0 Å². The first kappa shape index (κ1) is 18.3. The monoisotopic (exact) mass is 369 g/mol. The third kappa shape index (κ3) is 3.70. The van der Waals surface area contributed by atoms with Gasteiger partial charge in [-0.1, -0.05) is 31.5 Å². The van der Waals surface area contributed by atoms with Crippen LogP contribution >= 0.6 is 11.3 Å². The molecule has 5 nitrogen and oxygen atoms in total. The molecule has 0 fully saturated rings. The second kappa shape index (κ2) is 7.41. The Hall–Kier alpha value is -2.47. The van der Waals surface area contributed by atoms with Gasteiger partial charge in [-0.15, -0.1) is 11.3 Å². The quantitative estimate of drug-likeness (QED) is 0.628. The molecule has 6 heteroatoms. The number of nitrogens with one attached hydrogen (secondary N) is 1. The molecule has 0 amide bonds. The molecule has 136 valence electrons. The molecule has 0 spiro atoms. The summed E-state index contributed by atoms with van der Waals surface area (Å²) in [5.41, 5.74) is 4.20. The van der Waals surface area contributed by atoms with E-state index in [1.807, 2.05) is 26.8 Å². The van der Waals surface area contributed by atoms with E-state index in [9.17, 15) is 4.79 Å². The highest BCUT2D eigenvalue weighted by Crippen LogP contribution is 2.35. The van der Waals surface area contributed by atoms with Gasteiger partial charge < -0.3 is 10.1 Å². The maximum absolute atomic E-state index is 12.4. The summed E-state index contributed by atoms with van der Waals surface area (Å²) in [6.07, 6.45) is 1.52. The number of hydrogen-bond donors (Lipinski definition) is 1. The van der Waals surface area contributed by atoms with Crippen molar-refractivity contribution in [2.75, 3.05) is 11.9 Å². The molecule has 2 aromatic heterocycles. The second-order valence-electron chi connectivity index (χ2n) is 6.89. The zero-order chi connectivity index (χ0) is 18.8. The van der Waals surface area contributed by atoms with E-state index >= 15 is 0 Å². The van der Waals surface area contributed by atoms with Crippen molar-refractivity contribution in [2.45, 2.75) is 34.6 Å². The summed E-state index contributed by atoms with van der Waals surface area (Å²) >= 11 is 1.35. The third-order valence-electron chi connectivity index (χ3n) is 4.09. The van der Waals surface area contributed by atoms with Crippen molar-refractivity contribution in [2.24, 2.45) is 5.92 Å². The number of carbonyl (C=O) groups excluding carboxylic acids is 1. The molecule has 0 saturated heterocycles. The number of ether oxygens (including phenoxy) is 1. The number of hydrogen-bond acceptors (Lipinski definition) is 6. The van der Waals surface area contributed by atoms with Crippen molar-refractivity contribution >= 4 is 39.0 Å². The van der Waals surface area contributed by atoms with Gasteiger partial charge in [0.2, 0.25) is 0 Å². The Morgan fingerprint density at radius 3 is 2.69 bits per heavy atom. The minimum atomic E-state index is -0.295. The van der Waals surface area contributed by atoms with E-state index in [4.69, 9.17) is 4.74 Å². The molecule has 0 unspecified atom stereocenters. The molecule has 0 saturated carbocycles. The highest BCUT2D eigenvalue weighted by Gasteiger charge is 2.21. The number of aromatic nitrogens is 2. The van der Waals surface area contributed by atoms with Gasteiger partial charge in [-0.05, 0) is 43.9 Å². The molecule has 26 heavy (non-hydrogen) atoms. The number of aryl methyl sites for hydroxylation is 3. The number of benzene rings is 1. The zero-order valence-corrected chi connectivity index (χ0v) is 16.5. The summed E-state index contributed by atoms with van der Waals surface area (Å²) in [4.78, 5) is 22.5. The van der Waals surface area contributed by atoms with Gasteiger partial charge in [0, 0.05) is 5.69 Å². The van der Waals surface area contributed by atoms with E-state index in [0.717, 1.165) is 27.0 Å². The van der Waals surface area contributed by atoms with Crippen LogP contribution in [0.3, 0.4) is 0 Å². The number of anilines is 2. The Morgan fingerprint density at radius 1 is 1.23 bits per heavy atom. The molecular formula is C20H23N3O2S. The van der Waals surface area contributed by atoms with Crippen LogP contribution in [0.25, 0.3) is 10.2 Å². The number of carbonyl (C=O) groups is 1. The van der Waals surface area contributed by atoms with E-state index < -0.39 is 0 Å². The van der Waals surface area contributed by atoms with Gasteiger partial charge in [0.1, 0.15) is 21.9 Å². The van der Waals surface area contributed by atoms with Crippen LogP contribution in [0.2, 0.25) is 0 Å². The lowest BCUT2D eigenvalue weighted by atomic mass is 10.1. The van der Waals surface area contributed by atoms with Crippen LogP contribution in [0.4, 0.5) is 11.5 Å². The lowest BCUT2D eigenvalue weighted by Gasteiger charge is -2.11. The smallest absolute Gasteiger partial charge is 0.348 e. The maximum atomic E-state index is 12.4. The van der Waals surface area contributed by atoms with Gasteiger partial charge in [0.25, 0.3) is 0 Å². The summed E-state index contributed by atoms with van der Waals surface area (Å²) in [6.45, 7) is 10.5. The van der Waals surface area contributed by atoms with E-state index in [2.05, 4.69) is 41.3 Å². The first-order chi connectivity index (χ1) is 12.4. The molecule has 2 heterocycles. The van der Waals surface area contributed by atoms with Crippen molar-refractivity contribution in [1.82, 2.24) is 9.97 Å². The summed E-state index contributed by atoms with van der Waals surface area (Å²) in [5, 5.41) is 4.26. The lowest BCUT2D eigenvalue weighted by molar-refractivity contribution is 0.0464. The van der Waals surface area contributed by atoms with Crippen molar-refractivity contribution in [1.29, 1.82) is 0 Å². The first-order valence-corrected chi connectivity index (χ1v) is 9.44. The molecule has 3 rings (SSSR count). The van der Waals surface area contributed by atoms with Crippen LogP contribution in [-0.2, 0) is 4.74 Å². The molecule has 3 aromatic rings. The van der Waals surface area contributed by atoms with Gasteiger partial charge in [-0.2, -0.15) is 0 Å². The predicted molar refractivity (Wildman–Crippen MR) is 106 cm³/mol. The van der Waals surface area contributed by atoms with Gasteiger partial charge in [0.05, 0.1) is 12.0 Å². The Labute approximate surface area is 157 Å². The van der Waals surface area contributed by atoms with Crippen molar-refractivity contribution in [3.8, 4) is 0 Å². The average molecular weight is 369 g/mol. The summed E-state index contributed by atoms with van der Waals surface area (Å²) < 4.78 is 5.39. The number of thiophene rings is 1. The molecule has 0 aliphatic carbocycles. The standard InChI is InChI=1S/C20H23N3O2S/c1-11(2)9-25-20(24)17-14(5)16-18(21-10-22-19(16)26-17)23-15-7-6-12(3)8-13(15)4/h6-8,10-11H,9H2,1-5H3,(H,21,22,23). The van der Waals surface area contributed by atoms with Crippen LogP contribution < -0.4 is 5.32 Å². The Morgan fingerprint density at radius 2 is 2.00 bits per heavy atom. The van der Waals surface area contributed by atoms with Crippen molar-refractivity contribution in [3.05, 3.63) is 46.1 Å². The number of nitrogens with zero attached hydrogens (tertiary/aromatic N) is 2. The van der Waals surface area contributed by atoms with Crippen LogP contribution in [-0.4, -0.2) is 22.5 Å². The fourth-order valence-corrected chi connectivity index (χ4v) is 3.79. The molecule has 0 aliphatic rings. The van der Waals surface area contributed by atoms with E-state index in [0.29, 0.717) is 23.2 Å². The number of rotatable bonds is 5. The predicted octanol–water partition coefficient (Wildman–Crippen LogP) is 5.17. The van der Waals surface area contributed by atoms with Crippen LogP contribution in [0.5, 0.6) is 0 Å². The molecule has 0 bridgehead atoms. The molecule has 0 aliphatic heterocycles. The molecule has 0 atom stereocenters. The van der Waals surface area contributed by atoms with Gasteiger partial charge in [-0.3, -0.25) is 0 Å². The average Bonchev–Trinajstić information content (AvgIpc) is 2.93. The third-order valence-corrected chi connectivity index (χ3v) is 5.27. The van der Waals surface area contributed by atoms with Crippen molar-refractivity contribution < 1.29 is 9.53 Å². The minimum Gasteiger partial charge on any atom is -0.461 e. The Balaban J connectivity index is 1.98. The van der Waals surface area contributed by atoms with Crippen LogP contribution in [0.15, 0.2) is 24.5 Å². The molecule has 1 N–H and O–H groups in total. The molecule has 1 aromatic carbocycles. The van der Waals surface area contributed by atoms with Gasteiger partial charge >= 0.3 is 5.97 Å². The number of fused-ring (bicyclic) bond motifs is 1. The SMILES string of the molecule is Cc1ccc(Nc2ncnc3sc(C(=O)OCC(C)C)c(C)c23)c(C)c1. The first-order valence-electron chi connectivity index (χ1n) is 8.62. The normalized spacial score (nSPS) is 11.2. The fourth-order valence-electron chi connectivity index (χ4n) is 2.75. The largest absolute Gasteiger partial charge is 0.461 e.